The number of nitrogens with zero attached hydrogens (tertiary/aromatic N) is 2. The maximum Gasteiger partial charge on any atom is 0.410 e. The number of carbonyl (C=O) groups is 2. The third kappa shape index (κ3) is 13.0. The summed E-state index contributed by atoms with van der Waals surface area (Å²) in [4.78, 5) is 27.5. The number of hydrogen-bond acceptors (Lipinski definition) is 8. The lowest BCUT2D eigenvalue weighted by atomic mass is 9.88. The maximum atomic E-state index is 13.2. The van der Waals surface area contributed by atoms with Crippen LogP contribution >= 0.6 is 0 Å². The molecule has 2 heterocycles. The molecular weight excluding hydrogens is 600 g/mol. The van der Waals surface area contributed by atoms with Gasteiger partial charge in [-0.15, -0.1) is 0 Å². The molecule has 2 rings (SSSR count). The fourth-order valence-corrected chi connectivity index (χ4v) is 6.01. The van der Waals surface area contributed by atoms with Crippen molar-refractivity contribution in [2.24, 2.45) is 17.8 Å². The summed E-state index contributed by atoms with van der Waals surface area (Å²) in [5.41, 5.74) is -0.650. The lowest BCUT2D eigenvalue weighted by Gasteiger charge is -2.35. The number of likely N-dealkylation sites (N-methyl/N-ethyl adjacent to an activating group) is 2. The van der Waals surface area contributed by atoms with Crippen molar-refractivity contribution in [1.82, 2.24) is 4.90 Å². The van der Waals surface area contributed by atoms with Crippen LogP contribution < -0.4 is 0 Å². The number of rotatable bonds is 14. The van der Waals surface area contributed by atoms with Gasteiger partial charge in [-0.05, 0) is 70.9 Å². The largest absolute Gasteiger partial charge is 0.457 e. The summed E-state index contributed by atoms with van der Waals surface area (Å²) in [7, 11) is 3.85. The zero-order chi connectivity index (χ0) is 35.5. The number of hydrogen-bond donors (Lipinski definition) is 3. The molecule has 47 heavy (non-hydrogen) atoms. The summed E-state index contributed by atoms with van der Waals surface area (Å²) in [6, 6.07) is 0. The summed E-state index contributed by atoms with van der Waals surface area (Å²) in [6.45, 7) is 19.0. The minimum atomic E-state index is -1.47. The van der Waals surface area contributed by atoms with Gasteiger partial charge in [-0.25, -0.2) is 4.79 Å². The molecule has 0 aromatic heterocycles. The second-order valence-electron chi connectivity index (χ2n) is 14.6. The van der Waals surface area contributed by atoms with Gasteiger partial charge in [-0.3, -0.25) is 4.79 Å². The van der Waals surface area contributed by atoms with E-state index < -0.39 is 36.0 Å². The molecule has 0 unspecified atom stereocenters. The van der Waals surface area contributed by atoms with Gasteiger partial charge in [0.15, 0.2) is 6.10 Å². The minimum Gasteiger partial charge on any atom is -0.457 e. The van der Waals surface area contributed by atoms with Crippen molar-refractivity contribution in [2.75, 3.05) is 40.3 Å². The molecular formula is C37H65N2O8+. The number of aliphatic hydroxyl groups excluding tert-OH is 2. The second kappa shape index (κ2) is 18.5. The zero-order valence-electron chi connectivity index (χ0n) is 30.7. The predicted molar refractivity (Wildman–Crippen MR) is 184 cm³/mol. The molecule has 0 radical (unpaired) electrons. The highest BCUT2D eigenvalue weighted by Gasteiger charge is 2.45. The van der Waals surface area contributed by atoms with Crippen LogP contribution in [-0.2, 0) is 19.0 Å². The molecule has 0 bridgehead atoms. The number of aliphatic hydroxyl groups is 3. The fourth-order valence-electron chi connectivity index (χ4n) is 6.01. The molecule has 10 atom stereocenters. The lowest BCUT2D eigenvalue weighted by Crippen LogP contribution is -2.49. The van der Waals surface area contributed by atoms with Crippen molar-refractivity contribution >= 4 is 12.1 Å². The van der Waals surface area contributed by atoms with E-state index in [1.54, 1.807) is 20.0 Å². The Kier molecular flexibility index (Phi) is 16.1. The standard InChI is InChI=1S/C37H65N2O8/c1-11-30(41)28(7)35-31(45-35)23-25(4)15-14-16-26(5)34-27(6)17-18-32(37(8,44)20-19-29(40)24-33(42)47-34)46-36(43)38(9)21-22-39(10,12-2)13-3/h14-18,25,27-32,34-35,40-41,44H,11-13,19-24H2,1-10H3/q+1/t25-,27+,28-,29-,30+,31-,32+,34-,35-,37-/m1/s1. The van der Waals surface area contributed by atoms with Gasteiger partial charge in [0.2, 0.25) is 0 Å². The number of epoxide rings is 1. The number of quaternary nitrogens is 1. The summed E-state index contributed by atoms with van der Waals surface area (Å²) in [6.07, 6.45) is 7.87. The first-order chi connectivity index (χ1) is 22.0. The van der Waals surface area contributed by atoms with Crippen molar-refractivity contribution in [3.05, 3.63) is 36.0 Å². The first-order valence-electron chi connectivity index (χ1n) is 17.7. The maximum absolute atomic E-state index is 13.2. The van der Waals surface area contributed by atoms with Crippen LogP contribution in [0, 0.1) is 17.8 Å². The van der Waals surface area contributed by atoms with Crippen LogP contribution in [0.25, 0.3) is 0 Å². The summed E-state index contributed by atoms with van der Waals surface area (Å²) in [5, 5.41) is 32.2. The SMILES string of the molecule is CC[C@H](O)[C@@H](C)[C@H]1O[C@@H]1C[C@H](C)C=CC=C(C)[C@H]1OC(=O)C[C@H](O)CC[C@@](C)(O)[C@@H](OC(=O)N(C)CC[N+](C)(CC)CC)C=C[C@@H]1C. The smallest absolute Gasteiger partial charge is 0.410 e. The quantitative estimate of drug-likeness (QED) is 0.0777. The van der Waals surface area contributed by atoms with Crippen LogP contribution in [0.5, 0.6) is 0 Å². The number of ether oxygens (including phenoxy) is 3. The Labute approximate surface area is 284 Å². The molecule has 3 N–H and O–H groups in total. The van der Waals surface area contributed by atoms with E-state index in [0.29, 0.717) is 13.0 Å². The van der Waals surface area contributed by atoms with Gasteiger partial charge in [0.25, 0.3) is 0 Å². The van der Waals surface area contributed by atoms with E-state index in [1.807, 2.05) is 45.9 Å². The number of carbonyl (C=O) groups excluding carboxylic acids is 2. The van der Waals surface area contributed by atoms with Crippen molar-refractivity contribution in [3.8, 4) is 0 Å². The molecule has 1 amide bonds. The Morgan fingerprint density at radius 1 is 1.23 bits per heavy atom. The van der Waals surface area contributed by atoms with E-state index in [1.165, 1.54) is 4.90 Å². The minimum absolute atomic E-state index is 0.0955. The highest BCUT2D eigenvalue weighted by Crippen LogP contribution is 2.36. The van der Waals surface area contributed by atoms with Crippen molar-refractivity contribution < 1.29 is 43.6 Å². The van der Waals surface area contributed by atoms with Crippen molar-refractivity contribution in [2.45, 2.75) is 130 Å². The molecule has 10 heteroatoms. The average molecular weight is 666 g/mol. The molecule has 270 valence electrons. The van der Waals surface area contributed by atoms with Crippen LogP contribution in [-0.4, -0.2) is 119 Å². The molecule has 2 aliphatic rings. The van der Waals surface area contributed by atoms with Crippen LogP contribution in [0.15, 0.2) is 36.0 Å². The molecule has 2 aliphatic heterocycles. The highest BCUT2D eigenvalue weighted by molar-refractivity contribution is 5.70. The molecule has 0 aromatic rings. The highest BCUT2D eigenvalue weighted by atomic mass is 16.6. The number of allylic oxidation sites excluding steroid dienone is 3. The van der Waals surface area contributed by atoms with E-state index in [9.17, 15) is 24.9 Å². The Balaban J connectivity index is 2.18. The molecule has 0 saturated carbocycles. The van der Waals surface area contributed by atoms with Crippen LogP contribution in [0.2, 0.25) is 0 Å². The fraction of sp³-hybridized carbons (Fsp3) is 0.784. The Bertz CT molecular complexity index is 1080. The van der Waals surface area contributed by atoms with Gasteiger partial charge >= 0.3 is 12.1 Å². The monoisotopic (exact) mass is 665 g/mol. The number of esters is 1. The number of cyclic esters (lactones) is 1. The zero-order valence-corrected chi connectivity index (χ0v) is 30.7. The Morgan fingerprint density at radius 3 is 2.51 bits per heavy atom. The molecule has 1 saturated heterocycles. The van der Waals surface area contributed by atoms with Crippen LogP contribution in [0.4, 0.5) is 4.79 Å². The third-order valence-corrected chi connectivity index (χ3v) is 10.4. The Hall–Kier alpha value is -2.24. The van der Waals surface area contributed by atoms with E-state index in [2.05, 4.69) is 33.9 Å². The van der Waals surface area contributed by atoms with Crippen LogP contribution in [0.3, 0.4) is 0 Å². The van der Waals surface area contributed by atoms with Gasteiger partial charge in [-0.1, -0.05) is 52.0 Å². The molecule has 0 spiro atoms. The molecule has 10 nitrogen and oxygen atoms in total. The first kappa shape index (κ1) is 40.9. The number of amides is 1. The summed E-state index contributed by atoms with van der Waals surface area (Å²) in [5.74, 6) is -0.463. The van der Waals surface area contributed by atoms with Gasteiger partial charge in [-0.2, -0.15) is 0 Å². The van der Waals surface area contributed by atoms with E-state index in [0.717, 1.165) is 36.1 Å². The van der Waals surface area contributed by atoms with Gasteiger partial charge in [0, 0.05) is 18.9 Å². The van der Waals surface area contributed by atoms with Crippen molar-refractivity contribution in [1.29, 1.82) is 0 Å². The normalized spacial score (nSPS) is 31.3. The van der Waals surface area contributed by atoms with Gasteiger partial charge < -0.3 is 38.9 Å². The molecule has 0 aromatic carbocycles. The molecule has 1 fully saturated rings. The van der Waals surface area contributed by atoms with Crippen LogP contribution in [0.1, 0.15) is 87.5 Å². The predicted octanol–water partition coefficient (Wildman–Crippen LogP) is 5.01. The van der Waals surface area contributed by atoms with E-state index in [4.69, 9.17) is 14.2 Å². The first-order valence-corrected chi connectivity index (χ1v) is 17.7. The lowest BCUT2D eigenvalue weighted by molar-refractivity contribution is -0.905. The Morgan fingerprint density at radius 2 is 1.89 bits per heavy atom. The van der Waals surface area contributed by atoms with E-state index >= 15 is 0 Å². The topological polar surface area (TPSA) is 129 Å². The summed E-state index contributed by atoms with van der Waals surface area (Å²) < 4.78 is 18.4. The van der Waals surface area contributed by atoms with E-state index in [-0.39, 0.29) is 55.3 Å². The third-order valence-electron chi connectivity index (χ3n) is 10.4. The van der Waals surface area contributed by atoms with Gasteiger partial charge in [0.1, 0.15) is 11.7 Å². The molecule has 0 aliphatic carbocycles. The van der Waals surface area contributed by atoms with Gasteiger partial charge in [0.05, 0.1) is 64.1 Å². The second-order valence-corrected chi connectivity index (χ2v) is 14.6. The summed E-state index contributed by atoms with van der Waals surface area (Å²) >= 11 is 0. The van der Waals surface area contributed by atoms with Crippen molar-refractivity contribution in [3.63, 3.8) is 0 Å². The average Bonchev–Trinajstić information content (AvgIpc) is 3.80.